The summed E-state index contributed by atoms with van der Waals surface area (Å²) in [5.41, 5.74) is 1.42. The molecule has 0 aliphatic heterocycles. The second kappa shape index (κ2) is 6.59. The second-order valence-electron chi connectivity index (χ2n) is 5.00. The quantitative estimate of drug-likeness (QED) is 0.806. The summed E-state index contributed by atoms with van der Waals surface area (Å²) in [5, 5.41) is -0.168. The van der Waals surface area contributed by atoms with Crippen molar-refractivity contribution in [2.45, 2.75) is 0 Å². The summed E-state index contributed by atoms with van der Waals surface area (Å²) in [5.74, 6) is -0.235. The van der Waals surface area contributed by atoms with Gasteiger partial charge in [0.15, 0.2) is 0 Å². The average molecular weight is 360 g/mol. The van der Waals surface area contributed by atoms with E-state index in [0.29, 0.717) is 22.4 Å². The van der Waals surface area contributed by atoms with Gasteiger partial charge in [0.05, 0.1) is 17.9 Å². The van der Waals surface area contributed by atoms with Crippen LogP contribution in [0.15, 0.2) is 63.6 Å². The zero-order valence-electron chi connectivity index (χ0n) is 12.5. The van der Waals surface area contributed by atoms with Crippen molar-refractivity contribution < 1.29 is 14.3 Å². The number of carbonyl (C=O) groups is 2. The first kappa shape index (κ1) is 16.4. The molecule has 6 heteroatoms. The van der Waals surface area contributed by atoms with E-state index in [1.807, 2.05) is 0 Å². The molecule has 1 amide bonds. The SMILES string of the molecule is COc1ccc(C(=O)N=C2C(Cl)=C(Cl)C(=O)c3ccccc32)cc1. The van der Waals surface area contributed by atoms with E-state index < -0.39 is 5.91 Å². The highest BCUT2D eigenvalue weighted by molar-refractivity contribution is 6.60. The summed E-state index contributed by atoms with van der Waals surface area (Å²) in [6.07, 6.45) is 0. The molecule has 4 nitrogen and oxygen atoms in total. The fourth-order valence-electron chi connectivity index (χ4n) is 2.34. The van der Waals surface area contributed by atoms with Crippen molar-refractivity contribution in [1.82, 2.24) is 0 Å². The Morgan fingerprint density at radius 2 is 1.58 bits per heavy atom. The van der Waals surface area contributed by atoms with Gasteiger partial charge in [-0.1, -0.05) is 47.5 Å². The zero-order chi connectivity index (χ0) is 17.3. The fourth-order valence-corrected chi connectivity index (χ4v) is 2.76. The van der Waals surface area contributed by atoms with E-state index >= 15 is 0 Å². The molecule has 3 rings (SSSR count). The van der Waals surface area contributed by atoms with Crippen LogP contribution in [0.5, 0.6) is 5.75 Å². The normalized spacial score (nSPS) is 15.5. The Morgan fingerprint density at radius 3 is 2.21 bits per heavy atom. The molecule has 0 saturated heterocycles. The van der Waals surface area contributed by atoms with Crippen molar-refractivity contribution in [1.29, 1.82) is 0 Å². The maximum Gasteiger partial charge on any atom is 0.277 e. The van der Waals surface area contributed by atoms with Crippen LogP contribution >= 0.6 is 23.2 Å². The van der Waals surface area contributed by atoms with Gasteiger partial charge < -0.3 is 4.74 Å². The van der Waals surface area contributed by atoms with Crippen molar-refractivity contribution >= 4 is 40.6 Å². The lowest BCUT2D eigenvalue weighted by Gasteiger charge is -2.16. The van der Waals surface area contributed by atoms with Gasteiger partial charge >= 0.3 is 0 Å². The lowest BCUT2D eigenvalue weighted by atomic mass is 9.94. The third-order valence-corrected chi connectivity index (χ3v) is 4.40. The van der Waals surface area contributed by atoms with Gasteiger partial charge in [-0.25, -0.2) is 4.99 Å². The number of methoxy groups -OCH3 is 1. The number of ether oxygens (including phenoxy) is 1. The number of benzene rings is 2. The number of nitrogens with zero attached hydrogens (tertiary/aromatic N) is 1. The molecule has 0 radical (unpaired) electrons. The van der Waals surface area contributed by atoms with Crippen molar-refractivity contribution in [3.63, 3.8) is 0 Å². The molecule has 1 aliphatic rings. The number of aliphatic imine (C=N–C) groups is 1. The van der Waals surface area contributed by atoms with Crippen LogP contribution in [0.3, 0.4) is 0 Å². The van der Waals surface area contributed by atoms with Crippen molar-refractivity contribution in [3.8, 4) is 5.75 Å². The molecule has 0 spiro atoms. The van der Waals surface area contributed by atoms with Crippen LogP contribution in [0, 0.1) is 0 Å². The predicted molar refractivity (Wildman–Crippen MR) is 93.4 cm³/mol. The minimum absolute atomic E-state index is 0.0257. The number of hydrogen-bond donors (Lipinski definition) is 0. The van der Waals surface area contributed by atoms with Crippen LogP contribution in [0.2, 0.25) is 0 Å². The van der Waals surface area contributed by atoms with Gasteiger partial charge in [0.1, 0.15) is 10.8 Å². The lowest BCUT2D eigenvalue weighted by Crippen LogP contribution is -2.19. The molecule has 0 N–H and O–H groups in total. The standard InChI is InChI=1S/C18H11Cl2NO3/c1-24-11-8-6-10(7-9-11)18(23)21-16-12-4-2-3-5-13(12)17(22)15(20)14(16)19/h2-9H,1H3. The van der Waals surface area contributed by atoms with E-state index in [2.05, 4.69) is 4.99 Å². The maximum absolute atomic E-state index is 12.4. The monoisotopic (exact) mass is 359 g/mol. The molecular formula is C18H11Cl2NO3. The van der Waals surface area contributed by atoms with Gasteiger partial charge in [-0.2, -0.15) is 0 Å². The Hall–Kier alpha value is -2.43. The maximum atomic E-state index is 12.4. The molecule has 24 heavy (non-hydrogen) atoms. The molecule has 2 aromatic rings. The Kier molecular flexibility index (Phi) is 4.51. The van der Waals surface area contributed by atoms with E-state index in [1.54, 1.807) is 55.6 Å². The molecule has 0 heterocycles. The fraction of sp³-hybridized carbons (Fsp3) is 0.0556. The summed E-state index contributed by atoms with van der Waals surface area (Å²) >= 11 is 12.2. The van der Waals surface area contributed by atoms with Gasteiger partial charge in [0.25, 0.3) is 5.91 Å². The third-order valence-electron chi connectivity index (χ3n) is 3.58. The Labute approximate surface area is 148 Å². The highest BCUT2D eigenvalue weighted by Gasteiger charge is 2.29. The van der Waals surface area contributed by atoms with E-state index in [-0.39, 0.29) is 21.6 Å². The van der Waals surface area contributed by atoms with Crippen molar-refractivity contribution in [2.24, 2.45) is 4.99 Å². The highest BCUT2D eigenvalue weighted by atomic mass is 35.5. The summed E-state index contributed by atoms with van der Waals surface area (Å²) < 4.78 is 5.06. The molecule has 2 aromatic carbocycles. The first-order valence-electron chi connectivity index (χ1n) is 6.99. The predicted octanol–water partition coefficient (Wildman–Crippen LogP) is 4.21. The van der Waals surface area contributed by atoms with Crippen LogP contribution in [0.1, 0.15) is 26.3 Å². The molecule has 0 fully saturated rings. The minimum atomic E-state index is -0.487. The summed E-state index contributed by atoms with van der Waals surface area (Å²) in [4.78, 5) is 28.7. The number of fused-ring (bicyclic) bond motifs is 1. The molecule has 0 atom stereocenters. The number of carbonyl (C=O) groups excluding carboxylic acids is 2. The Balaban J connectivity index is 2.07. The molecule has 0 unspecified atom stereocenters. The van der Waals surface area contributed by atoms with E-state index in [1.165, 1.54) is 0 Å². The number of amides is 1. The summed E-state index contributed by atoms with van der Waals surface area (Å²) in [6.45, 7) is 0. The van der Waals surface area contributed by atoms with Crippen LogP contribution in [-0.4, -0.2) is 24.5 Å². The van der Waals surface area contributed by atoms with Crippen LogP contribution in [0.4, 0.5) is 0 Å². The number of rotatable bonds is 2. The Morgan fingerprint density at radius 1 is 0.958 bits per heavy atom. The number of allylic oxidation sites excluding steroid dienone is 2. The number of Topliss-reactive ketones (excluding diaryl/α,β-unsaturated/α-hetero) is 1. The highest BCUT2D eigenvalue weighted by Crippen LogP contribution is 2.31. The van der Waals surface area contributed by atoms with E-state index in [0.717, 1.165) is 0 Å². The van der Waals surface area contributed by atoms with Crippen molar-refractivity contribution in [2.75, 3.05) is 7.11 Å². The largest absolute Gasteiger partial charge is 0.497 e. The first-order chi connectivity index (χ1) is 11.5. The van der Waals surface area contributed by atoms with Crippen molar-refractivity contribution in [3.05, 3.63) is 75.3 Å². The van der Waals surface area contributed by atoms with E-state index in [9.17, 15) is 9.59 Å². The lowest BCUT2D eigenvalue weighted by molar-refractivity contribution is 0.0999. The van der Waals surface area contributed by atoms with Gasteiger partial charge in [0.2, 0.25) is 5.78 Å². The van der Waals surface area contributed by atoms with E-state index in [4.69, 9.17) is 27.9 Å². The number of ketones is 1. The summed E-state index contributed by atoms with van der Waals surface area (Å²) in [6, 6.07) is 13.3. The van der Waals surface area contributed by atoms with Gasteiger partial charge in [0, 0.05) is 16.7 Å². The van der Waals surface area contributed by atoms with Gasteiger partial charge in [-0.15, -0.1) is 0 Å². The average Bonchev–Trinajstić information content (AvgIpc) is 2.63. The number of hydrogen-bond acceptors (Lipinski definition) is 3. The minimum Gasteiger partial charge on any atom is -0.497 e. The molecular weight excluding hydrogens is 349 g/mol. The summed E-state index contributed by atoms with van der Waals surface area (Å²) in [7, 11) is 1.54. The van der Waals surface area contributed by atoms with Gasteiger partial charge in [-0.3, -0.25) is 9.59 Å². The molecule has 0 bridgehead atoms. The molecule has 1 aliphatic carbocycles. The molecule has 120 valence electrons. The number of halogens is 2. The first-order valence-corrected chi connectivity index (χ1v) is 7.75. The Bertz CT molecular complexity index is 899. The van der Waals surface area contributed by atoms with Gasteiger partial charge in [-0.05, 0) is 24.3 Å². The second-order valence-corrected chi connectivity index (χ2v) is 5.75. The zero-order valence-corrected chi connectivity index (χ0v) is 14.1. The molecule has 0 aromatic heterocycles. The molecule has 0 saturated carbocycles. The van der Waals surface area contributed by atoms with Crippen LogP contribution < -0.4 is 4.74 Å². The van der Waals surface area contributed by atoms with Crippen LogP contribution in [-0.2, 0) is 0 Å². The third kappa shape index (κ3) is 2.86. The topological polar surface area (TPSA) is 55.7 Å². The smallest absolute Gasteiger partial charge is 0.277 e. The van der Waals surface area contributed by atoms with Crippen LogP contribution in [0.25, 0.3) is 0 Å².